The monoisotopic (exact) mass is 345 g/mol. The first-order chi connectivity index (χ1) is 10.2. The third-order valence-corrected chi connectivity index (χ3v) is 4.92. The van der Waals surface area contributed by atoms with E-state index in [1.165, 1.54) is 29.5 Å². The largest absolute Gasteiger partial charge is 0.490 e. The molecule has 3 heteroatoms. The molecule has 3 rings (SSSR count). The molecule has 1 fully saturated rings. The van der Waals surface area contributed by atoms with Gasteiger partial charge >= 0.3 is 0 Å². The maximum atomic E-state index is 5.91. The molecule has 21 heavy (non-hydrogen) atoms. The Labute approximate surface area is 134 Å². The summed E-state index contributed by atoms with van der Waals surface area (Å²) < 4.78 is 7.08. The molecule has 1 saturated carbocycles. The van der Waals surface area contributed by atoms with E-state index in [1.807, 2.05) is 13.1 Å². The predicted octanol–water partition coefficient (Wildman–Crippen LogP) is 4.61. The van der Waals surface area contributed by atoms with Crippen molar-refractivity contribution in [3.8, 4) is 5.75 Å². The van der Waals surface area contributed by atoms with Crippen LogP contribution in [-0.2, 0) is 0 Å². The van der Waals surface area contributed by atoms with Gasteiger partial charge in [0, 0.05) is 4.47 Å². The van der Waals surface area contributed by atoms with Crippen LogP contribution in [0.4, 0.5) is 0 Å². The van der Waals surface area contributed by atoms with Gasteiger partial charge in [0.1, 0.15) is 5.75 Å². The van der Waals surface area contributed by atoms with E-state index in [1.54, 1.807) is 0 Å². The van der Waals surface area contributed by atoms with Crippen molar-refractivity contribution in [2.75, 3.05) is 7.05 Å². The molecule has 0 radical (unpaired) electrons. The van der Waals surface area contributed by atoms with Crippen LogP contribution in [0, 0.1) is 6.92 Å². The highest BCUT2D eigenvalue weighted by Crippen LogP contribution is 2.33. The van der Waals surface area contributed by atoms with Gasteiger partial charge in [-0.05, 0) is 55.6 Å². The van der Waals surface area contributed by atoms with Crippen molar-refractivity contribution >= 4 is 15.9 Å². The Kier molecular flexibility index (Phi) is 4.32. The minimum absolute atomic E-state index is 0.155. The summed E-state index contributed by atoms with van der Waals surface area (Å²) >= 11 is 3.72. The van der Waals surface area contributed by atoms with E-state index in [0.717, 1.165) is 10.2 Å². The average Bonchev–Trinajstić information content (AvgIpc) is 3.29. The van der Waals surface area contributed by atoms with Crippen LogP contribution in [0.5, 0.6) is 5.75 Å². The number of halogens is 1. The molecular weight excluding hydrogens is 326 g/mol. The zero-order valence-corrected chi connectivity index (χ0v) is 14.0. The van der Waals surface area contributed by atoms with Crippen molar-refractivity contribution in [3.05, 3.63) is 63.6 Å². The van der Waals surface area contributed by atoms with E-state index >= 15 is 0 Å². The molecular formula is C18H20BrNO. The van der Waals surface area contributed by atoms with E-state index in [9.17, 15) is 0 Å². The number of rotatable bonds is 5. The van der Waals surface area contributed by atoms with E-state index < -0.39 is 0 Å². The molecule has 1 aliphatic rings. The molecule has 2 aromatic rings. The summed E-state index contributed by atoms with van der Waals surface area (Å²) in [6, 6.07) is 14.9. The SMILES string of the molecule is CNC(c1cccc(OC2CC2)c1)c1cccc(C)c1Br. The number of hydrogen-bond acceptors (Lipinski definition) is 2. The van der Waals surface area contributed by atoms with Crippen LogP contribution >= 0.6 is 15.9 Å². The van der Waals surface area contributed by atoms with Crippen LogP contribution in [0.25, 0.3) is 0 Å². The lowest BCUT2D eigenvalue weighted by molar-refractivity contribution is 0.302. The highest BCUT2D eigenvalue weighted by Gasteiger charge is 2.24. The van der Waals surface area contributed by atoms with Gasteiger partial charge in [0.25, 0.3) is 0 Å². The first-order valence-corrected chi connectivity index (χ1v) is 8.17. The number of ether oxygens (including phenoxy) is 1. The fourth-order valence-corrected chi connectivity index (χ4v) is 3.03. The maximum absolute atomic E-state index is 5.91. The van der Waals surface area contributed by atoms with E-state index in [0.29, 0.717) is 6.10 Å². The van der Waals surface area contributed by atoms with Gasteiger partial charge in [-0.3, -0.25) is 0 Å². The molecule has 0 saturated heterocycles. The maximum Gasteiger partial charge on any atom is 0.120 e. The normalized spacial score (nSPS) is 15.8. The van der Waals surface area contributed by atoms with Crippen LogP contribution in [0.15, 0.2) is 46.9 Å². The van der Waals surface area contributed by atoms with Gasteiger partial charge in [-0.25, -0.2) is 0 Å². The summed E-state index contributed by atoms with van der Waals surface area (Å²) in [5, 5.41) is 3.41. The summed E-state index contributed by atoms with van der Waals surface area (Å²) in [6.07, 6.45) is 2.80. The first kappa shape index (κ1) is 14.6. The fraction of sp³-hybridized carbons (Fsp3) is 0.333. The molecule has 2 nitrogen and oxygen atoms in total. The average molecular weight is 346 g/mol. The van der Waals surface area contributed by atoms with Gasteiger partial charge in [0.15, 0.2) is 0 Å². The number of hydrogen-bond donors (Lipinski definition) is 1. The molecule has 0 aliphatic heterocycles. The highest BCUT2D eigenvalue weighted by atomic mass is 79.9. The standard InChI is InChI=1S/C18H20BrNO/c1-12-5-3-8-16(17(12)19)18(20-2)13-6-4-7-15(11-13)21-14-9-10-14/h3-8,11,14,18,20H,9-10H2,1-2H3. The quantitative estimate of drug-likeness (QED) is 0.854. The van der Waals surface area contributed by atoms with Crippen molar-refractivity contribution in [2.24, 2.45) is 0 Å². The van der Waals surface area contributed by atoms with Gasteiger partial charge in [0.2, 0.25) is 0 Å². The topological polar surface area (TPSA) is 21.3 Å². The Morgan fingerprint density at radius 2 is 1.95 bits per heavy atom. The van der Waals surface area contributed by atoms with Crippen molar-refractivity contribution in [1.82, 2.24) is 5.32 Å². The molecule has 0 heterocycles. The van der Waals surface area contributed by atoms with E-state index in [2.05, 4.69) is 64.6 Å². The molecule has 1 N–H and O–H groups in total. The molecule has 2 aromatic carbocycles. The minimum Gasteiger partial charge on any atom is -0.490 e. The van der Waals surface area contributed by atoms with E-state index in [4.69, 9.17) is 4.74 Å². The summed E-state index contributed by atoms with van der Waals surface area (Å²) in [5.41, 5.74) is 3.72. The number of aryl methyl sites for hydroxylation is 1. The lowest BCUT2D eigenvalue weighted by Crippen LogP contribution is -2.18. The summed E-state index contributed by atoms with van der Waals surface area (Å²) in [4.78, 5) is 0. The van der Waals surface area contributed by atoms with Crippen LogP contribution in [0.3, 0.4) is 0 Å². The molecule has 0 aromatic heterocycles. The first-order valence-electron chi connectivity index (χ1n) is 7.38. The minimum atomic E-state index is 0.155. The molecule has 0 spiro atoms. The Morgan fingerprint density at radius 1 is 1.19 bits per heavy atom. The zero-order chi connectivity index (χ0) is 14.8. The summed E-state index contributed by atoms with van der Waals surface area (Å²) in [7, 11) is 1.99. The Hall–Kier alpha value is -1.32. The molecule has 1 atom stereocenters. The number of nitrogens with one attached hydrogen (secondary N) is 1. The summed E-state index contributed by atoms with van der Waals surface area (Å²) in [5.74, 6) is 0.971. The van der Waals surface area contributed by atoms with Gasteiger partial charge in [0.05, 0.1) is 12.1 Å². The predicted molar refractivity (Wildman–Crippen MR) is 89.9 cm³/mol. The molecule has 1 unspecified atom stereocenters. The molecule has 0 amide bonds. The fourth-order valence-electron chi connectivity index (χ4n) is 2.54. The van der Waals surface area contributed by atoms with Gasteiger partial charge in [-0.15, -0.1) is 0 Å². The van der Waals surface area contributed by atoms with Crippen LogP contribution in [0.2, 0.25) is 0 Å². The van der Waals surface area contributed by atoms with Gasteiger partial charge in [-0.2, -0.15) is 0 Å². The van der Waals surface area contributed by atoms with E-state index in [-0.39, 0.29) is 6.04 Å². The summed E-state index contributed by atoms with van der Waals surface area (Å²) in [6.45, 7) is 2.12. The number of benzene rings is 2. The highest BCUT2D eigenvalue weighted by molar-refractivity contribution is 9.10. The van der Waals surface area contributed by atoms with Gasteiger partial charge in [-0.1, -0.05) is 46.3 Å². The second-order valence-corrected chi connectivity index (χ2v) is 6.38. The Balaban J connectivity index is 1.93. The Bertz CT molecular complexity index is 637. The third-order valence-electron chi connectivity index (χ3n) is 3.84. The van der Waals surface area contributed by atoms with Crippen molar-refractivity contribution < 1.29 is 4.74 Å². The van der Waals surface area contributed by atoms with Crippen molar-refractivity contribution in [1.29, 1.82) is 0 Å². The van der Waals surface area contributed by atoms with Crippen molar-refractivity contribution in [3.63, 3.8) is 0 Å². The second-order valence-electron chi connectivity index (χ2n) is 5.59. The lowest BCUT2D eigenvalue weighted by Gasteiger charge is -2.20. The smallest absolute Gasteiger partial charge is 0.120 e. The zero-order valence-electron chi connectivity index (χ0n) is 12.4. The Morgan fingerprint density at radius 3 is 2.67 bits per heavy atom. The van der Waals surface area contributed by atoms with Crippen LogP contribution in [0.1, 0.15) is 35.6 Å². The van der Waals surface area contributed by atoms with Gasteiger partial charge < -0.3 is 10.1 Å². The lowest BCUT2D eigenvalue weighted by atomic mass is 9.97. The van der Waals surface area contributed by atoms with Crippen LogP contribution in [-0.4, -0.2) is 13.2 Å². The molecule has 0 bridgehead atoms. The second kappa shape index (κ2) is 6.20. The molecule has 110 valence electrons. The van der Waals surface area contributed by atoms with Crippen molar-refractivity contribution in [2.45, 2.75) is 31.9 Å². The molecule has 1 aliphatic carbocycles. The van der Waals surface area contributed by atoms with Crippen LogP contribution < -0.4 is 10.1 Å². The third kappa shape index (κ3) is 3.30.